The van der Waals surface area contributed by atoms with Crippen molar-refractivity contribution in [3.8, 4) is 5.75 Å². The molecule has 0 N–H and O–H groups in total. The average molecular weight is 186 g/mol. The van der Waals surface area contributed by atoms with Gasteiger partial charge in [-0.05, 0) is 18.6 Å². The SMILES string of the molecule is [B]c1ccc(C)c(OC(F)(F)F)c1. The summed E-state index contributed by atoms with van der Waals surface area (Å²) in [5.74, 6) is -0.257. The van der Waals surface area contributed by atoms with Crippen LogP contribution >= 0.6 is 0 Å². The van der Waals surface area contributed by atoms with Gasteiger partial charge in [0.25, 0.3) is 0 Å². The number of halogens is 3. The Hall–Kier alpha value is -1.13. The van der Waals surface area contributed by atoms with Crippen molar-refractivity contribution in [2.24, 2.45) is 0 Å². The van der Waals surface area contributed by atoms with Crippen LogP contribution in [0.15, 0.2) is 18.2 Å². The van der Waals surface area contributed by atoms with Crippen LogP contribution in [0.1, 0.15) is 5.56 Å². The summed E-state index contributed by atoms with van der Waals surface area (Å²) in [7, 11) is 5.30. The van der Waals surface area contributed by atoms with Gasteiger partial charge in [-0.2, -0.15) is 0 Å². The van der Waals surface area contributed by atoms with Gasteiger partial charge in [-0.25, -0.2) is 0 Å². The summed E-state index contributed by atoms with van der Waals surface area (Å²) in [5, 5.41) is 0. The Balaban J connectivity index is 2.94. The van der Waals surface area contributed by atoms with Crippen molar-refractivity contribution in [1.82, 2.24) is 0 Å². The highest BCUT2D eigenvalue weighted by atomic mass is 19.4. The zero-order valence-corrected chi connectivity index (χ0v) is 6.85. The molecule has 0 aliphatic rings. The Kier molecular flexibility index (Phi) is 2.54. The first-order chi connectivity index (χ1) is 5.88. The minimum Gasteiger partial charge on any atom is -0.406 e. The summed E-state index contributed by atoms with van der Waals surface area (Å²) in [5.41, 5.74) is 0.636. The van der Waals surface area contributed by atoms with Crippen molar-refractivity contribution in [3.05, 3.63) is 23.8 Å². The largest absolute Gasteiger partial charge is 0.573 e. The average Bonchev–Trinajstić information content (AvgIpc) is 1.94. The molecular weight excluding hydrogens is 180 g/mol. The lowest BCUT2D eigenvalue weighted by Crippen LogP contribution is -2.19. The predicted octanol–water partition coefficient (Wildman–Crippen LogP) is 1.69. The van der Waals surface area contributed by atoms with E-state index in [1.165, 1.54) is 19.1 Å². The number of benzene rings is 1. The Morgan fingerprint density at radius 2 is 1.92 bits per heavy atom. The van der Waals surface area contributed by atoms with Crippen LogP contribution in [-0.4, -0.2) is 14.2 Å². The molecule has 0 bridgehead atoms. The summed E-state index contributed by atoms with van der Waals surface area (Å²) in [6.07, 6.45) is -4.67. The second-order valence-corrected chi connectivity index (χ2v) is 2.57. The zero-order valence-electron chi connectivity index (χ0n) is 6.85. The van der Waals surface area contributed by atoms with Gasteiger partial charge >= 0.3 is 6.36 Å². The smallest absolute Gasteiger partial charge is 0.406 e. The Morgan fingerprint density at radius 3 is 2.46 bits per heavy atom. The number of hydrogen-bond acceptors (Lipinski definition) is 1. The molecule has 0 heterocycles. The van der Waals surface area contributed by atoms with Gasteiger partial charge in [0.05, 0.1) is 0 Å². The molecule has 0 saturated carbocycles. The first-order valence-electron chi connectivity index (χ1n) is 3.50. The molecule has 1 aromatic carbocycles. The van der Waals surface area contributed by atoms with Gasteiger partial charge in [0.1, 0.15) is 13.6 Å². The molecule has 2 radical (unpaired) electrons. The molecule has 0 aliphatic heterocycles. The zero-order chi connectivity index (χ0) is 10.1. The molecule has 1 rings (SSSR count). The van der Waals surface area contributed by atoms with Gasteiger partial charge in [0.15, 0.2) is 0 Å². The molecule has 0 unspecified atom stereocenters. The van der Waals surface area contributed by atoms with E-state index in [0.29, 0.717) is 5.56 Å². The predicted molar refractivity (Wildman–Crippen MR) is 43.3 cm³/mol. The van der Waals surface area contributed by atoms with Crippen LogP contribution < -0.4 is 10.2 Å². The van der Waals surface area contributed by atoms with E-state index in [4.69, 9.17) is 7.85 Å². The molecule has 0 fully saturated rings. The third-order valence-corrected chi connectivity index (χ3v) is 1.44. The van der Waals surface area contributed by atoms with Crippen LogP contribution in [-0.2, 0) is 0 Å². The van der Waals surface area contributed by atoms with E-state index >= 15 is 0 Å². The fourth-order valence-corrected chi connectivity index (χ4v) is 0.851. The van der Waals surface area contributed by atoms with Crippen LogP contribution in [0.4, 0.5) is 13.2 Å². The first-order valence-corrected chi connectivity index (χ1v) is 3.50. The van der Waals surface area contributed by atoms with Crippen LogP contribution in [0.3, 0.4) is 0 Å². The molecule has 1 nitrogen and oxygen atoms in total. The van der Waals surface area contributed by atoms with Crippen molar-refractivity contribution >= 4 is 13.3 Å². The van der Waals surface area contributed by atoms with E-state index in [9.17, 15) is 13.2 Å². The van der Waals surface area contributed by atoms with Gasteiger partial charge in [-0.1, -0.05) is 17.6 Å². The Morgan fingerprint density at radius 1 is 1.31 bits per heavy atom. The maximum absolute atomic E-state index is 11.8. The molecule has 5 heteroatoms. The summed E-state index contributed by atoms with van der Waals surface area (Å²) in [6, 6.07) is 4.12. The van der Waals surface area contributed by atoms with Crippen molar-refractivity contribution in [2.45, 2.75) is 13.3 Å². The third-order valence-electron chi connectivity index (χ3n) is 1.44. The lowest BCUT2D eigenvalue weighted by atomic mass is 9.95. The normalized spacial score (nSPS) is 11.4. The highest BCUT2D eigenvalue weighted by Gasteiger charge is 2.31. The topological polar surface area (TPSA) is 9.23 Å². The Labute approximate surface area is 74.9 Å². The maximum Gasteiger partial charge on any atom is 0.573 e. The standard InChI is InChI=1S/C8H6BF3O/c1-5-2-3-6(9)4-7(5)13-8(10,11)12/h2-4H,1H3. The second-order valence-electron chi connectivity index (χ2n) is 2.57. The van der Waals surface area contributed by atoms with E-state index in [1.807, 2.05) is 0 Å². The summed E-state index contributed by atoms with van der Waals surface area (Å²) < 4.78 is 39.1. The lowest BCUT2D eigenvalue weighted by Gasteiger charge is -2.11. The molecule has 0 spiro atoms. The molecule has 0 aliphatic carbocycles. The number of hydrogen-bond donors (Lipinski definition) is 0. The van der Waals surface area contributed by atoms with Gasteiger partial charge < -0.3 is 4.74 Å². The third kappa shape index (κ3) is 3.01. The van der Waals surface area contributed by atoms with Crippen LogP contribution in [0, 0.1) is 6.92 Å². The number of aryl methyl sites for hydroxylation is 1. The minimum absolute atomic E-state index is 0.241. The molecule has 1 aromatic rings. The van der Waals surface area contributed by atoms with E-state index in [0.717, 1.165) is 6.07 Å². The van der Waals surface area contributed by atoms with E-state index in [-0.39, 0.29) is 11.2 Å². The number of rotatable bonds is 1. The van der Waals surface area contributed by atoms with Crippen molar-refractivity contribution in [2.75, 3.05) is 0 Å². The molecule has 0 aromatic heterocycles. The molecule has 68 valence electrons. The van der Waals surface area contributed by atoms with Crippen LogP contribution in [0.2, 0.25) is 0 Å². The fourth-order valence-electron chi connectivity index (χ4n) is 0.851. The van der Waals surface area contributed by atoms with Crippen molar-refractivity contribution in [3.63, 3.8) is 0 Å². The van der Waals surface area contributed by atoms with Crippen molar-refractivity contribution < 1.29 is 17.9 Å². The summed E-state index contributed by atoms with van der Waals surface area (Å²) >= 11 is 0. The quantitative estimate of drug-likeness (QED) is 0.606. The van der Waals surface area contributed by atoms with Crippen LogP contribution in [0.25, 0.3) is 0 Å². The lowest BCUT2D eigenvalue weighted by molar-refractivity contribution is -0.274. The highest BCUT2D eigenvalue weighted by molar-refractivity contribution is 6.32. The minimum atomic E-state index is -4.67. The fraction of sp³-hybridized carbons (Fsp3) is 0.250. The molecule has 0 amide bonds. The molecule has 0 atom stereocenters. The van der Waals surface area contributed by atoms with Gasteiger partial charge in [0, 0.05) is 0 Å². The summed E-state index contributed by atoms with van der Waals surface area (Å²) in [6.45, 7) is 1.51. The number of ether oxygens (including phenoxy) is 1. The first kappa shape index (κ1) is 9.96. The van der Waals surface area contributed by atoms with Gasteiger partial charge in [0.2, 0.25) is 0 Å². The van der Waals surface area contributed by atoms with E-state index in [1.54, 1.807) is 0 Å². The molecule has 13 heavy (non-hydrogen) atoms. The monoisotopic (exact) mass is 186 g/mol. The van der Waals surface area contributed by atoms with Crippen molar-refractivity contribution in [1.29, 1.82) is 0 Å². The molecular formula is C8H6BF3O. The highest BCUT2D eigenvalue weighted by Crippen LogP contribution is 2.24. The maximum atomic E-state index is 11.8. The van der Waals surface area contributed by atoms with Gasteiger partial charge in [-0.15, -0.1) is 13.2 Å². The molecule has 0 saturated heterocycles. The number of alkyl halides is 3. The van der Waals surface area contributed by atoms with Gasteiger partial charge in [-0.3, -0.25) is 0 Å². The Bertz CT molecular complexity index is 309. The van der Waals surface area contributed by atoms with Crippen LogP contribution in [0.5, 0.6) is 5.75 Å². The second kappa shape index (κ2) is 3.32. The van der Waals surface area contributed by atoms with E-state index in [2.05, 4.69) is 4.74 Å². The summed E-state index contributed by atoms with van der Waals surface area (Å²) in [4.78, 5) is 0. The van der Waals surface area contributed by atoms with E-state index < -0.39 is 6.36 Å².